The number of aromatic nitrogens is 4. The Morgan fingerprint density at radius 1 is 1.05 bits per heavy atom. The van der Waals surface area contributed by atoms with E-state index in [4.69, 9.17) is 15.9 Å². The lowest BCUT2D eigenvalue weighted by molar-refractivity contribution is -0.0163. The molecule has 0 fully saturated rings. The molecule has 0 saturated carbocycles. The zero-order valence-electron chi connectivity index (χ0n) is 21.1. The van der Waals surface area contributed by atoms with Crippen molar-refractivity contribution in [3.05, 3.63) is 89.6 Å². The van der Waals surface area contributed by atoms with Crippen molar-refractivity contribution in [2.45, 2.75) is 32.8 Å². The van der Waals surface area contributed by atoms with Gasteiger partial charge in [-0.05, 0) is 62.2 Å². The van der Waals surface area contributed by atoms with Gasteiger partial charge in [-0.15, -0.1) is 16.6 Å². The summed E-state index contributed by atoms with van der Waals surface area (Å²) >= 11 is 0. The van der Waals surface area contributed by atoms with E-state index in [2.05, 4.69) is 31.4 Å². The first kappa shape index (κ1) is 25.6. The molecular weight excluding hydrogens is 466 g/mol. The Morgan fingerprint density at radius 3 is 2.62 bits per heavy atom. The van der Waals surface area contributed by atoms with Crippen molar-refractivity contribution >= 4 is 11.7 Å². The van der Waals surface area contributed by atoms with Crippen LogP contribution in [0, 0.1) is 12.3 Å². The summed E-state index contributed by atoms with van der Waals surface area (Å²) in [5, 5.41) is 10.8. The van der Waals surface area contributed by atoms with Gasteiger partial charge in [-0.1, -0.05) is 36.3 Å². The lowest BCUT2D eigenvalue weighted by Crippen LogP contribution is -2.22. The average Bonchev–Trinajstić information content (AvgIpc) is 3.35. The van der Waals surface area contributed by atoms with E-state index in [1.807, 2.05) is 75.4 Å². The van der Waals surface area contributed by atoms with E-state index in [1.165, 1.54) is 0 Å². The molecule has 0 aliphatic carbocycles. The molecule has 4 aromatic rings. The molecule has 4 rings (SSSR count). The number of amides is 1. The lowest BCUT2D eigenvalue weighted by Gasteiger charge is -2.19. The van der Waals surface area contributed by atoms with Gasteiger partial charge in [0, 0.05) is 23.7 Å². The maximum Gasteiger partial charge on any atom is 0.294 e. The highest BCUT2D eigenvalue weighted by molar-refractivity contribution is 6.01. The third-order valence-corrected chi connectivity index (χ3v) is 5.31. The van der Waals surface area contributed by atoms with Crippen molar-refractivity contribution in [3.8, 4) is 29.2 Å². The van der Waals surface area contributed by atoms with E-state index in [0.29, 0.717) is 42.6 Å². The summed E-state index contributed by atoms with van der Waals surface area (Å²) in [6.07, 6.45) is 7.90. The van der Waals surface area contributed by atoms with Crippen molar-refractivity contribution in [1.82, 2.24) is 20.2 Å². The van der Waals surface area contributed by atoms with Crippen LogP contribution in [-0.4, -0.2) is 44.9 Å². The summed E-state index contributed by atoms with van der Waals surface area (Å²) in [7, 11) is 0. The Bertz CT molecular complexity index is 1400. The molecule has 0 bridgehead atoms. The molecule has 2 heterocycles. The second-order valence-electron chi connectivity index (χ2n) is 9.33. The predicted octanol–water partition coefficient (Wildman–Crippen LogP) is 4.89. The molecule has 0 unspecified atom stereocenters. The first-order valence-corrected chi connectivity index (χ1v) is 11.9. The number of carbonyl (C=O) groups is 1. The molecule has 2 aromatic heterocycles. The first-order valence-electron chi connectivity index (χ1n) is 11.9. The second-order valence-corrected chi connectivity index (χ2v) is 9.33. The molecule has 2 N–H and O–H groups in total. The molecule has 0 spiro atoms. The highest BCUT2D eigenvalue weighted by Crippen LogP contribution is 2.29. The topological polar surface area (TPSA) is 102 Å². The van der Waals surface area contributed by atoms with Gasteiger partial charge in [-0.25, -0.2) is 4.98 Å². The Morgan fingerprint density at radius 2 is 1.86 bits per heavy atom. The van der Waals surface area contributed by atoms with E-state index >= 15 is 0 Å². The lowest BCUT2D eigenvalue weighted by atomic mass is 10.0. The Hall–Kier alpha value is -4.48. The fourth-order valence-corrected chi connectivity index (χ4v) is 3.60. The van der Waals surface area contributed by atoms with Crippen molar-refractivity contribution < 1.29 is 14.3 Å². The minimum absolute atomic E-state index is 0.107. The Balaban J connectivity index is 1.45. The molecule has 8 nitrogen and oxygen atoms in total. The van der Waals surface area contributed by atoms with Crippen molar-refractivity contribution in [2.24, 2.45) is 0 Å². The van der Waals surface area contributed by atoms with Crippen molar-refractivity contribution in [1.29, 1.82) is 0 Å². The maximum atomic E-state index is 12.8. The molecule has 0 radical (unpaired) electrons. The van der Waals surface area contributed by atoms with Gasteiger partial charge in [0.05, 0.1) is 12.2 Å². The van der Waals surface area contributed by atoms with Crippen LogP contribution in [-0.2, 0) is 11.2 Å². The van der Waals surface area contributed by atoms with Crippen molar-refractivity contribution in [2.75, 3.05) is 18.5 Å². The van der Waals surface area contributed by atoms with Crippen LogP contribution in [0.25, 0.3) is 11.1 Å². The number of hydrogen-bond donors (Lipinski definition) is 2. The highest BCUT2D eigenvalue weighted by atomic mass is 16.5. The minimum Gasteiger partial charge on any atom is -0.491 e. The van der Waals surface area contributed by atoms with E-state index in [-0.39, 0.29) is 11.4 Å². The molecule has 8 heteroatoms. The van der Waals surface area contributed by atoms with E-state index in [9.17, 15) is 4.79 Å². The summed E-state index contributed by atoms with van der Waals surface area (Å²) in [4.78, 5) is 20.0. The van der Waals surface area contributed by atoms with Gasteiger partial charge in [0.25, 0.3) is 5.91 Å². The number of pyridine rings is 1. The van der Waals surface area contributed by atoms with Gasteiger partial charge in [0.15, 0.2) is 0 Å². The van der Waals surface area contributed by atoms with E-state index < -0.39 is 5.91 Å². The molecule has 0 saturated heterocycles. The number of nitrogens with zero attached hydrogens (tertiary/aromatic N) is 3. The monoisotopic (exact) mass is 495 g/mol. The number of ether oxygens (including phenoxy) is 2. The summed E-state index contributed by atoms with van der Waals surface area (Å²) in [5.74, 6) is 4.00. The maximum absolute atomic E-state index is 12.8. The summed E-state index contributed by atoms with van der Waals surface area (Å²) < 4.78 is 11.6. The molecule has 1 amide bonds. The van der Waals surface area contributed by atoms with Crippen LogP contribution < -0.4 is 10.1 Å². The third kappa shape index (κ3) is 7.26. The number of benzene rings is 2. The smallest absolute Gasteiger partial charge is 0.294 e. The number of anilines is 1. The van der Waals surface area contributed by atoms with Gasteiger partial charge in [-0.2, -0.15) is 0 Å². The van der Waals surface area contributed by atoms with Gasteiger partial charge in [-0.3, -0.25) is 4.79 Å². The van der Waals surface area contributed by atoms with Crippen LogP contribution in [0.4, 0.5) is 5.82 Å². The first-order chi connectivity index (χ1) is 17.8. The largest absolute Gasteiger partial charge is 0.491 e. The van der Waals surface area contributed by atoms with Crippen LogP contribution in [0.15, 0.2) is 66.9 Å². The van der Waals surface area contributed by atoms with Crippen LogP contribution in [0.1, 0.15) is 48.3 Å². The zero-order valence-corrected chi connectivity index (χ0v) is 21.1. The van der Waals surface area contributed by atoms with E-state index in [0.717, 1.165) is 16.7 Å². The number of rotatable bonds is 9. The highest BCUT2D eigenvalue weighted by Gasteiger charge is 2.15. The summed E-state index contributed by atoms with van der Waals surface area (Å²) in [6.45, 7) is 6.87. The number of aromatic amines is 1. The van der Waals surface area contributed by atoms with Gasteiger partial charge in [0.1, 0.15) is 24.0 Å². The molecule has 37 heavy (non-hydrogen) atoms. The van der Waals surface area contributed by atoms with Crippen LogP contribution in [0.3, 0.4) is 0 Å². The molecule has 0 atom stereocenters. The quantitative estimate of drug-likeness (QED) is 0.253. The van der Waals surface area contributed by atoms with Crippen LogP contribution in [0.5, 0.6) is 5.75 Å². The number of nitrogens with one attached hydrogen (secondary N) is 2. The van der Waals surface area contributed by atoms with E-state index in [1.54, 1.807) is 12.3 Å². The molecule has 2 aromatic carbocycles. The number of H-pyrrole nitrogens is 1. The van der Waals surface area contributed by atoms with Crippen LogP contribution >= 0.6 is 0 Å². The minimum atomic E-state index is -0.440. The normalized spacial score (nSPS) is 11.1. The van der Waals surface area contributed by atoms with Gasteiger partial charge < -0.3 is 19.8 Å². The predicted molar refractivity (Wildman–Crippen MR) is 142 cm³/mol. The standard InChI is InChI=1S/C29H29N5O3/c1-5-21-11-12-23(36-15-16-37-29(2,3)4)19-24(21)22-13-14-30-25(18-22)32-28(35)27-31-26(33-34-27)17-20-9-7-6-8-10-20/h1,6-14,18-19H,15-17H2,2-4H3,(H,30,32,35)(H,31,33,34). The fraction of sp³-hybridized carbons (Fsp3) is 0.241. The summed E-state index contributed by atoms with van der Waals surface area (Å²) in [5.41, 5.74) is 3.12. The van der Waals surface area contributed by atoms with Gasteiger partial charge >= 0.3 is 0 Å². The van der Waals surface area contributed by atoms with Crippen molar-refractivity contribution in [3.63, 3.8) is 0 Å². The van der Waals surface area contributed by atoms with Crippen LogP contribution in [0.2, 0.25) is 0 Å². The number of hydrogen-bond acceptors (Lipinski definition) is 6. The molecular formula is C29H29N5O3. The molecule has 188 valence electrons. The third-order valence-electron chi connectivity index (χ3n) is 5.31. The zero-order chi connectivity index (χ0) is 26.3. The average molecular weight is 496 g/mol. The Kier molecular flexibility index (Phi) is 7.96. The Labute approximate surface area is 216 Å². The number of carbonyl (C=O) groups excluding carboxylic acids is 1. The molecule has 0 aliphatic rings. The SMILES string of the molecule is C#Cc1ccc(OCCOC(C)(C)C)cc1-c1ccnc(NC(=O)c2nnc(Cc3ccccc3)[nH]2)c1. The number of terminal acetylenes is 1. The summed E-state index contributed by atoms with van der Waals surface area (Å²) in [6, 6.07) is 18.9. The fourth-order valence-electron chi connectivity index (χ4n) is 3.60. The van der Waals surface area contributed by atoms with Gasteiger partial charge in [0.2, 0.25) is 5.82 Å². The second kappa shape index (κ2) is 11.5. The molecule has 0 aliphatic heterocycles.